The van der Waals surface area contributed by atoms with Crippen molar-refractivity contribution in [3.8, 4) is 28.6 Å². The third-order valence-corrected chi connectivity index (χ3v) is 5.19. The van der Waals surface area contributed by atoms with E-state index in [4.69, 9.17) is 14.2 Å². The van der Waals surface area contributed by atoms with Crippen molar-refractivity contribution < 1.29 is 14.2 Å². The third-order valence-electron chi connectivity index (χ3n) is 5.19. The van der Waals surface area contributed by atoms with E-state index in [-0.39, 0.29) is 6.04 Å². The molecule has 4 aromatic rings. The fourth-order valence-electron chi connectivity index (χ4n) is 3.50. The van der Waals surface area contributed by atoms with Crippen LogP contribution < -0.4 is 24.8 Å². The van der Waals surface area contributed by atoms with E-state index in [1.807, 2.05) is 30.3 Å². The van der Waals surface area contributed by atoms with Crippen LogP contribution in [0.3, 0.4) is 0 Å². The highest BCUT2D eigenvalue weighted by atomic mass is 16.5. The molecule has 2 aromatic carbocycles. The van der Waals surface area contributed by atoms with E-state index >= 15 is 0 Å². The van der Waals surface area contributed by atoms with Crippen molar-refractivity contribution >= 4 is 17.5 Å². The molecule has 0 saturated carbocycles. The van der Waals surface area contributed by atoms with Crippen molar-refractivity contribution in [2.45, 2.75) is 13.0 Å². The van der Waals surface area contributed by atoms with Crippen LogP contribution in [0.2, 0.25) is 0 Å². The lowest BCUT2D eigenvalue weighted by Crippen LogP contribution is -2.09. The first-order valence-corrected chi connectivity index (χ1v) is 10.7. The lowest BCUT2D eigenvalue weighted by molar-refractivity contribution is 0.324. The van der Waals surface area contributed by atoms with Gasteiger partial charge in [-0.3, -0.25) is 0 Å². The highest BCUT2D eigenvalue weighted by molar-refractivity contribution is 5.71. The Morgan fingerprint density at radius 2 is 1.56 bits per heavy atom. The average Bonchev–Trinajstić information content (AvgIpc) is 2.89. The van der Waals surface area contributed by atoms with E-state index in [1.165, 1.54) is 6.33 Å². The van der Waals surface area contributed by atoms with Crippen LogP contribution >= 0.6 is 0 Å². The molecule has 0 radical (unpaired) electrons. The van der Waals surface area contributed by atoms with E-state index in [2.05, 4.69) is 49.6 Å². The molecule has 2 aromatic heterocycles. The van der Waals surface area contributed by atoms with E-state index in [1.54, 1.807) is 39.7 Å². The highest BCUT2D eigenvalue weighted by Crippen LogP contribution is 2.40. The smallest absolute Gasteiger partial charge is 0.230 e. The van der Waals surface area contributed by atoms with E-state index in [0.29, 0.717) is 40.5 Å². The minimum Gasteiger partial charge on any atom is -0.493 e. The quantitative estimate of drug-likeness (QED) is 0.363. The van der Waals surface area contributed by atoms with Gasteiger partial charge >= 0.3 is 0 Å². The number of pyridine rings is 1. The van der Waals surface area contributed by atoms with Gasteiger partial charge in [0.1, 0.15) is 12.1 Å². The molecule has 9 heteroatoms. The zero-order valence-electron chi connectivity index (χ0n) is 19.4. The Balaban J connectivity index is 1.62. The lowest BCUT2D eigenvalue weighted by Gasteiger charge is -2.17. The predicted octanol–water partition coefficient (Wildman–Crippen LogP) is 4.88. The maximum Gasteiger partial charge on any atom is 0.230 e. The number of benzene rings is 2. The van der Waals surface area contributed by atoms with Crippen molar-refractivity contribution in [1.82, 2.24) is 19.9 Å². The number of anilines is 3. The number of aromatic nitrogens is 4. The van der Waals surface area contributed by atoms with Gasteiger partial charge in [0.2, 0.25) is 11.7 Å². The molecule has 0 fully saturated rings. The van der Waals surface area contributed by atoms with Crippen molar-refractivity contribution in [3.63, 3.8) is 0 Å². The van der Waals surface area contributed by atoms with Crippen LogP contribution in [0.15, 0.2) is 67.1 Å². The van der Waals surface area contributed by atoms with E-state index in [0.717, 1.165) is 11.1 Å². The molecule has 0 saturated heterocycles. The number of nitrogens with one attached hydrogen (secondary N) is 2. The Kier molecular flexibility index (Phi) is 7.02. The number of hydrogen-bond acceptors (Lipinski definition) is 9. The van der Waals surface area contributed by atoms with Gasteiger partial charge in [-0.1, -0.05) is 30.3 Å². The summed E-state index contributed by atoms with van der Waals surface area (Å²) in [5.41, 5.74) is 2.59. The Morgan fingerprint density at radius 3 is 2.24 bits per heavy atom. The number of rotatable bonds is 9. The van der Waals surface area contributed by atoms with Gasteiger partial charge < -0.3 is 24.8 Å². The van der Waals surface area contributed by atoms with Gasteiger partial charge in [0.05, 0.1) is 26.9 Å². The van der Waals surface area contributed by atoms with Crippen molar-refractivity contribution in [2.24, 2.45) is 0 Å². The first-order chi connectivity index (χ1) is 16.6. The van der Waals surface area contributed by atoms with Crippen LogP contribution in [-0.4, -0.2) is 41.3 Å². The number of nitrogens with zero attached hydrogens (tertiary/aromatic N) is 4. The van der Waals surface area contributed by atoms with Gasteiger partial charge in [-0.25, -0.2) is 15.0 Å². The number of methoxy groups -OCH3 is 3. The summed E-state index contributed by atoms with van der Waals surface area (Å²) < 4.78 is 16.2. The first kappa shape index (κ1) is 22.8. The van der Waals surface area contributed by atoms with Crippen LogP contribution in [0.4, 0.5) is 17.5 Å². The molecule has 1 atom stereocenters. The average molecular weight is 459 g/mol. The van der Waals surface area contributed by atoms with Crippen LogP contribution in [-0.2, 0) is 0 Å². The summed E-state index contributed by atoms with van der Waals surface area (Å²) in [6, 6.07) is 17.6. The van der Waals surface area contributed by atoms with Crippen LogP contribution in [0, 0.1) is 0 Å². The van der Waals surface area contributed by atoms with E-state index < -0.39 is 0 Å². The molecule has 2 heterocycles. The standard InChI is InChI=1S/C25H26N6O3/c1-16(17-9-6-5-7-10-17)29-23-19(11-8-12-26-23)24-27-15-28-25(31-24)30-18-13-20(32-2)22(34-4)21(14-18)33-3/h5-16H,1-4H3,(H,26,29)(H,27,28,30,31). The van der Waals surface area contributed by atoms with Crippen molar-refractivity contribution in [3.05, 3.63) is 72.7 Å². The second kappa shape index (κ2) is 10.5. The summed E-state index contributed by atoms with van der Waals surface area (Å²) in [6.07, 6.45) is 3.19. The van der Waals surface area contributed by atoms with Crippen molar-refractivity contribution in [1.29, 1.82) is 0 Å². The number of hydrogen-bond donors (Lipinski definition) is 2. The molecule has 9 nitrogen and oxygen atoms in total. The summed E-state index contributed by atoms with van der Waals surface area (Å²) in [7, 11) is 4.69. The van der Waals surface area contributed by atoms with Crippen LogP contribution in [0.25, 0.3) is 11.4 Å². The van der Waals surface area contributed by atoms with Crippen LogP contribution in [0.5, 0.6) is 17.2 Å². The summed E-state index contributed by atoms with van der Waals surface area (Å²) in [4.78, 5) is 17.8. The lowest BCUT2D eigenvalue weighted by atomic mass is 10.1. The molecule has 1 unspecified atom stereocenters. The minimum atomic E-state index is 0.0495. The van der Waals surface area contributed by atoms with Gasteiger partial charge in [-0.15, -0.1) is 0 Å². The highest BCUT2D eigenvalue weighted by Gasteiger charge is 2.16. The van der Waals surface area contributed by atoms with Gasteiger partial charge in [0.15, 0.2) is 17.3 Å². The largest absolute Gasteiger partial charge is 0.493 e. The molecule has 4 rings (SSSR count). The molecule has 0 spiro atoms. The first-order valence-electron chi connectivity index (χ1n) is 10.7. The number of ether oxygens (including phenoxy) is 3. The zero-order chi connectivity index (χ0) is 23.9. The minimum absolute atomic E-state index is 0.0495. The molecule has 0 aliphatic rings. The monoisotopic (exact) mass is 458 g/mol. The van der Waals surface area contributed by atoms with Crippen molar-refractivity contribution in [2.75, 3.05) is 32.0 Å². The SMILES string of the molecule is COc1cc(Nc2ncnc(-c3cccnc3NC(C)c3ccccc3)n2)cc(OC)c1OC. The molecule has 0 bridgehead atoms. The molecular formula is C25H26N6O3. The van der Waals surface area contributed by atoms with Gasteiger partial charge in [0.25, 0.3) is 0 Å². The zero-order valence-corrected chi connectivity index (χ0v) is 19.4. The molecule has 34 heavy (non-hydrogen) atoms. The third kappa shape index (κ3) is 4.98. The maximum absolute atomic E-state index is 5.42. The molecular weight excluding hydrogens is 432 g/mol. The second-order valence-electron chi connectivity index (χ2n) is 7.35. The van der Waals surface area contributed by atoms with Gasteiger partial charge in [-0.2, -0.15) is 4.98 Å². The Labute approximate surface area is 198 Å². The fourth-order valence-corrected chi connectivity index (χ4v) is 3.50. The molecule has 174 valence electrons. The summed E-state index contributed by atoms with van der Waals surface area (Å²) >= 11 is 0. The van der Waals surface area contributed by atoms with Crippen LogP contribution in [0.1, 0.15) is 18.5 Å². The summed E-state index contributed by atoms with van der Waals surface area (Å²) in [5.74, 6) is 3.08. The van der Waals surface area contributed by atoms with E-state index in [9.17, 15) is 0 Å². The predicted molar refractivity (Wildman–Crippen MR) is 131 cm³/mol. The summed E-state index contributed by atoms with van der Waals surface area (Å²) in [6.45, 7) is 2.08. The van der Waals surface area contributed by atoms with Gasteiger partial charge in [0, 0.05) is 30.1 Å². The topological polar surface area (TPSA) is 103 Å². The summed E-state index contributed by atoms with van der Waals surface area (Å²) in [5, 5.41) is 6.64. The van der Waals surface area contributed by atoms with Gasteiger partial charge in [-0.05, 0) is 24.6 Å². The second-order valence-corrected chi connectivity index (χ2v) is 7.35. The fraction of sp³-hybridized carbons (Fsp3) is 0.200. The molecule has 0 aliphatic heterocycles. The Hall–Kier alpha value is -4.40. The molecule has 2 N–H and O–H groups in total. The molecule has 0 aliphatic carbocycles. The molecule has 0 amide bonds. The normalized spacial score (nSPS) is 11.4. The Morgan fingerprint density at radius 1 is 0.824 bits per heavy atom. The Bertz CT molecular complexity index is 1230. The maximum atomic E-state index is 5.42.